The Kier molecular flexibility index (Phi) is 5.85. The summed E-state index contributed by atoms with van der Waals surface area (Å²) in [4.78, 5) is 11.7. The second kappa shape index (κ2) is 7.87. The molecule has 0 aliphatic heterocycles. The molecule has 21 heavy (non-hydrogen) atoms. The fraction of sp³-hybridized carbons (Fsp3) is 0.500. The molecule has 0 saturated heterocycles. The number of allylic oxidation sites excluding steroid dienone is 2. The Morgan fingerprint density at radius 2 is 2.10 bits per heavy atom. The summed E-state index contributed by atoms with van der Waals surface area (Å²) < 4.78 is 5.63. The number of ether oxygens (including phenoxy) is 1. The van der Waals surface area contributed by atoms with Crippen molar-refractivity contribution in [1.29, 1.82) is 0 Å². The third-order valence-corrected chi connectivity index (χ3v) is 3.80. The first-order valence-corrected chi connectivity index (χ1v) is 7.81. The maximum Gasteiger partial charge on any atom is 0.220 e. The van der Waals surface area contributed by atoms with Crippen LogP contribution in [-0.4, -0.2) is 19.1 Å². The molecule has 3 nitrogen and oxygen atoms in total. The molecule has 1 N–H and O–H groups in total. The first kappa shape index (κ1) is 15.6. The zero-order valence-electron chi connectivity index (χ0n) is 13.0. The largest absolute Gasteiger partial charge is 0.492 e. The van der Waals surface area contributed by atoms with Gasteiger partial charge in [-0.1, -0.05) is 38.1 Å². The summed E-state index contributed by atoms with van der Waals surface area (Å²) in [5.41, 5.74) is 1.31. The van der Waals surface area contributed by atoms with Gasteiger partial charge in [0, 0.05) is 6.42 Å². The summed E-state index contributed by atoms with van der Waals surface area (Å²) in [7, 11) is 0. The van der Waals surface area contributed by atoms with Gasteiger partial charge in [0.05, 0.1) is 6.54 Å². The summed E-state index contributed by atoms with van der Waals surface area (Å²) in [6, 6.07) is 8.15. The van der Waals surface area contributed by atoms with Crippen molar-refractivity contribution < 1.29 is 9.53 Å². The van der Waals surface area contributed by atoms with Gasteiger partial charge in [0.1, 0.15) is 12.4 Å². The molecule has 0 unspecified atom stereocenters. The molecule has 0 fully saturated rings. The highest BCUT2D eigenvalue weighted by Gasteiger charge is 2.13. The van der Waals surface area contributed by atoms with Crippen LogP contribution < -0.4 is 10.1 Å². The monoisotopic (exact) mass is 287 g/mol. The summed E-state index contributed by atoms with van der Waals surface area (Å²) in [5, 5.41) is 2.91. The Balaban J connectivity index is 1.62. The van der Waals surface area contributed by atoms with Crippen LogP contribution in [0.2, 0.25) is 0 Å². The average molecular weight is 287 g/mol. The zero-order valence-corrected chi connectivity index (χ0v) is 13.0. The van der Waals surface area contributed by atoms with Gasteiger partial charge in [0.15, 0.2) is 0 Å². The van der Waals surface area contributed by atoms with E-state index in [2.05, 4.69) is 43.4 Å². The third kappa shape index (κ3) is 5.25. The number of rotatable bonds is 7. The van der Waals surface area contributed by atoms with E-state index in [0.717, 1.165) is 18.6 Å². The second-order valence-corrected chi connectivity index (χ2v) is 5.89. The van der Waals surface area contributed by atoms with E-state index in [-0.39, 0.29) is 5.91 Å². The van der Waals surface area contributed by atoms with Crippen LogP contribution in [0.15, 0.2) is 36.4 Å². The van der Waals surface area contributed by atoms with E-state index >= 15 is 0 Å². The van der Waals surface area contributed by atoms with Gasteiger partial charge in [-0.15, -0.1) is 0 Å². The lowest BCUT2D eigenvalue weighted by atomic mass is 10.0. The van der Waals surface area contributed by atoms with Gasteiger partial charge in [-0.2, -0.15) is 0 Å². The predicted molar refractivity (Wildman–Crippen MR) is 85.5 cm³/mol. The van der Waals surface area contributed by atoms with Crippen molar-refractivity contribution in [3.05, 3.63) is 42.0 Å². The van der Waals surface area contributed by atoms with Gasteiger partial charge >= 0.3 is 0 Å². The van der Waals surface area contributed by atoms with Crippen LogP contribution in [0.4, 0.5) is 0 Å². The number of hydrogen-bond acceptors (Lipinski definition) is 2. The molecule has 0 spiro atoms. The van der Waals surface area contributed by atoms with E-state index in [1.807, 2.05) is 12.1 Å². The van der Waals surface area contributed by atoms with Gasteiger partial charge in [-0.05, 0) is 42.4 Å². The molecule has 1 aromatic carbocycles. The molecule has 114 valence electrons. The van der Waals surface area contributed by atoms with Crippen molar-refractivity contribution in [3.8, 4) is 5.75 Å². The minimum Gasteiger partial charge on any atom is -0.492 e. The first-order chi connectivity index (χ1) is 10.1. The topological polar surface area (TPSA) is 38.3 Å². The molecule has 1 aliphatic carbocycles. The van der Waals surface area contributed by atoms with Gasteiger partial charge in [-0.3, -0.25) is 4.79 Å². The molecule has 1 aliphatic rings. The van der Waals surface area contributed by atoms with Crippen LogP contribution in [-0.2, 0) is 4.79 Å². The Morgan fingerprint density at radius 1 is 1.33 bits per heavy atom. The van der Waals surface area contributed by atoms with Crippen LogP contribution in [0.1, 0.15) is 44.6 Å². The molecule has 0 radical (unpaired) electrons. The summed E-state index contributed by atoms with van der Waals surface area (Å²) in [6.45, 7) is 5.41. The first-order valence-electron chi connectivity index (χ1n) is 7.81. The molecule has 3 heteroatoms. The standard InChI is InChI=1S/C18H25NO2/c1-14(2)16-7-9-17(10-8-16)21-12-11-19-18(20)13-15-5-3-4-6-15/h3,5,7-10,14-15H,4,6,11-13H2,1-2H3,(H,19,20)/t15-/m0/s1. The van der Waals surface area contributed by atoms with Crippen molar-refractivity contribution in [1.82, 2.24) is 5.32 Å². The third-order valence-electron chi connectivity index (χ3n) is 3.80. The summed E-state index contributed by atoms with van der Waals surface area (Å²) in [6.07, 6.45) is 7.10. The number of carbonyl (C=O) groups is 1. The Hall–Kier alpha value is -1.77. The minimum absolute atomic E-state index is 0.116. The molecule has 0 saturated carbocycles. The van der Waals surface area contributed by atoms with Gasteiger partial charge < -0.3 is 10.1 Å². The molecule has 2 rings (SSSR count). The van der Waals surface area contributed by atoms with E-state index in [9.17, 15) is 4.79 Å². The molecular weight excluding hydrogens is 262 g/mol. The van der Waals surface area contributed by atoms with Crippen molar-refractivity contribution in [2.75, 3.05) is 13.2 Å². The van der Waals surface area contributed by atoms with Crippen molar-refractivity contribution in [2.24, 2.45) is 5.92 Å². The Bertz CT molecular complexity index is 476. The van der Waals surface area contributed by atoms with E-state index < -0.39 is 0 Å². The lowest BCUT2D eigenvalue weighted by molar-refractivity contribution is -0.121. The quantitative estimate of drug-likeness (QED) is 0.614. The summed E-state index contributed by atoms with van der Waals surface area (Å²) >= 11 is 0. The van der Waals surface area contributed by atoms with Gasteiger partial charge in [0.25, 0.3) is 0 Å². The normalized spacial score (nSPS) is 17.2. The van der Waals surface area contributed by atoms with Gasteiger partial charge in [-0.25, -0.2) is 0 Å². The highest BCUT2D eigenvalue weighted by Crippen LogP contribution is 2.20. The van der Waals surface area contributed by atoms with Gasteiger partial charge in [0.2, 0.25) is 5.91 Å². The fourth-order valence-electron chi connectivity index (χ4n) is 2.48. The van der Waals surface area contributed by atoms with Crippen LogP contribution in [0, 0.1) is 5.92 Å². The van der Waals surface area contributed by atoms with Crippen LogP contribution >= 0.6 is 0 Å². The van der Waals surface area contributed by atoms with Crippen molar-refractivity contribution >= 4 is 5.91 Å². The molecule has 1 amide bonds. The van der Waals surface area contributed by atoms with Crippen molar-refractivity contribution in [2.45, 2.75) is 39.0 Å². The maximum absolute atomic E-state index is 11.7. The number of hydrogen-bond donors (Lipinski definition) is 1. The van der Waals surface area contributed by atoms with E-state index in [1.54, 1.807) is 0 Å². The number of nitrogens with one attached hydrogen (secondary N) is 1. The molecule has 0 heterocycles. The SMILES string of the molecule is CC(C)c1ccc(OCCNC(=O)C[C@H]2C=CCC2)cc1. The Morgan fingerprint density at radius 3 is 2.71 bits per heavy atom. The lowest BCUT2D eigenvalue weighted by Gasteiger charge is -2.11. The summed E-state index contributed by atoms with van der Waals surface area (Å²) in [5.74, 6) is 1.93. The Labute approximate surface area is 127 Å². The average Bonchev–Trinajstić information content (AvgIpc) is 2.97. The van der Waals surface area contributed by atoms with E-state index in [0.29, 0.717) is 31.4 Å². The minimum atomic E-state index is 0.116. The highest BCUT2D eigenvalue weighted by atomic mass is 16.5. The molecule has 0 bridgehead atoms. The smallest absolute Gasteiger partial charge is 0.220 e. The van der Waals surface area contributed by atoms with E-state index in [4.69, 9.17) is 4.74 Å². The van der Waals surface area contributed by atoms with Crippen LogP contribution in [0.5, 0.6) is 5.75 Å². The molecule has 0 aromatic heterocycles. The maximum atomic E-state index is 11.7. The van der Waals surface area contributed by atoms with Crippen molar-refractivity contribution in [3.63, 3.8) is 0 Å². The van der Waals surface area contributed by atoms with E-state index in [1.165, 1.54) is 5.56 Å². The molecule has 1 atom stereocenters. The van der Waals surface area contributed by atoms with Crippen LogP contribution in [0.3, 0.4) is 0 Å². The highest BCUT2D eigenvalue weighted by molar-refractivity contribution is 5.76. The predicted octanol–water partition coefficient (Wildman–Crippen LogP) is 3.66. The lowest BCUT2D eigenvalue weighted by Crippen LogP contribution is -2.29. The molecular formula is C18H25NO2. The number of carbonyl (C=O) groups excluding carboxylic acids is 1. The van der Waals surface area contributed by atoms with Crippen LogP contribution in [0.25, 0.3) is 0 Å². The fourth-order valence-corrected chi connectivity index (χ4v) is 2.48. The zero-order chi connectivity index (χ0) is 15.1. The molecule has 1 aromatic rings. The second-order valence-electron chi connectivity index (χ2n) is 5.89. The number of amides is 1. The number of benzene rings is 1.